The second-order valence-corrected chi connectivity index (χ2v) is 4.42. The minimum atomic E-state index is 0.250. The van der Waals surface area contributed by atoms with Gasteiger partial charge in [-0.1, -0.05) is 19.1 Å². The van der Waals surface area contributed by atoms with Crippen molar-refractivity contribution in [2.75, 3.05) is 19.7 Å². The standard InChI is InChI=1S/C14H21N3O/c1-3-8-18-12-7-5-6-11(9-12)13-10-16-14(15)17(13)4-2/h5-7,9,13H,3-4,8,10H2,1-2H3,(H2,15,16). The second-order valence-electron chi connectivity index (χ2n) is 4.42. The highest BCUT2D eigenvalue weighted by molar-refractivity contribution is 5.80. The third kappa shape index (κ3) is 2.58. The van der Waals surface area contributed by atoms with E-state index in [1.807, 2.05) is 12.1 Å². The molecule has 0 aromatic heterocycles. The molecule has 18 heavy (non-hydrogen) atoms. The number of rotatable bonds is 5. The van der Waals surface area contributed by atoms with Gasteiger partial charge in [0.05, 0.1) is 19.2 Å². The smallest absolute Gasteiger partial charge is 0.191 e. The number of ether oxygens (including phenoxy) is 1. The van der Waals surface area contributed by atoms with Crippen LogP contribution in [0.2, 0.25) is 0 Å². The normalized spacial score (nSPS) is 18.9. The van der Waals surface area contributed by atoms with Gasteiger partial charge in [0.15, 0.2) is 5.96 Å². The largest absolute Gasteiger partial charge is 0.494 e. The third-order valence-electron chi connectivity index (χ3n) is 3.15. The van der Waals surface area contributed by atoms with Crippen molar-refractivity contribution in [3.63, 3.8) is 0 Å². The summed E-state index contributed by atoms with van der Waals surface area (Å²) in [6, 6.07) is 8.48. The SMILES string of the molecule is CCCOc1cccc(C2CN=C(N)N2CC)c1. The zero-order valence-electron chi connectivity index (χ0n) is 11.1. The summed E-state index contributed by atoms with van der Waals surface area (Å²) in [6.45, 7) is 6.56. The Morgan fingerprint density at radius 3 is 3.00 bits per heavy atom. The van der Waals surface area contributed by atoms with E-state index in [-0.39, 0.29) is 6.04 Å². The van der Waals surface area contributed by atoms with E-state index in [1.165, 1.54) is 5.56 Å². The van der Waals surface area contributed by atoms with Gasteiger partial charge in [-0.3, -0.25) is 4.99 Å². The molecule has 1 heterocycles. The maximum Gasteiger partial charge on any atom is 0.191 e. The van der Waals surface area contributed by atoms with Gasteiger partial charge in [0, 0.05) is 6.54 Å². The minimum Gasteiger partial charge on any atom is -0.494 e. The maximum absolute atomic E-state index is 5.88. The molecule has 0 amide bonds. The topological polar surface area (TPSA) is 50.9 Å². The second kappa shape index (κ2) is 5.76. The van der Waals surface area contributed by atoms with Crippen LogP contribution in [0.5, 0.6) is 5.75 Å². The number of nitrogens with zero attached hydrogens (tertiary/aromatic N) is 2. The van der Waals surface area contributed by atoms with Crippen LogP contribution in [0.4, 0.5) is 0 Å². The van der Waals surface area contributed by atoms with E-state index < -0.39 is 0 Å². The van der Waals surface area contributed by atoms with Crippen LogP contribution in [0.3, 0.4) is 0 Å². The summed E-state index contributed by atoms with van der Waals surface area (Å²) < 4.78 is 5.66. The van der Waals surface area contributed by atoms with Crippen molar-refractivity contribution in [1.82, 2.24) is 4.90 Å². The first-order chi connectivity index (χ1) is 8.76. The molecular formula is C14H21N3O. The quantitative estimate of drug-likeness (QED) is 0.867. The minimum absolute atomic E-state index is 0.250. The third-order valence-corrected chi connectivity index (χ3v) is 3.15. The molecule has 1 unspecified atom stereocenters. The van der Waals surface area contributed by atoms with E-state index in [0.717, 1.165) is 31.9 Å². The van der Waals surface area contributed by atoms with Crippen molar-refractivity contribution in [3.8, 4) is 5.75 Å². The average molecular weight is 247 g/mol. The van der Waals surface area contributed by atoms with Crippen LogP contribution in [0.25, 0.3) is 0 Å². The summed E-state index contributed by atoms with van der Waals surface area (Å²) >= 11 is 0. The molecule has 2 rings (SSSR count). The molecule has 0 bridgehead atoms. The first kappa shape index (κ1) is 12.7. The van der Waals surface area contributed by atoms with Gasteiger partial charge in [0.25, 0.3) is 0 Å². The van der Waals surface area contributed by atoms with Gasteiger partial charge in [-0.15, -0.1) is 0 Å². The number of guanidine groups is 1. The molecule has 1 aromatic carbocycles. The summed E-state index contributed by atoms with van der Waals surface area (Å²) in [5, 5.41) is 0. The van der Waals surface area contributed by atoms with Crippen LogP contribution in [0.1, 0.15) is 31.9 Å². The first-order valence-electron chi connectivity index (χ1n) is 6.55. The van der Waals surface area contributed by atoms with E-state index in [9.17, 15) is 0 Å². The van der Waals surface area contributed by atoms with E-state index in [1.54, 1.807) is 0 Å². The molecule has 4 heteroatoms. The number of likely N-dealkylation sites (N-methyl/N-ethyl adjacent to an activating group) is 1. The van der Waals surface area contributed by atoms with E-state index in [0.29, 0.717) is 5.96 Å². The molecule has 0 saturated heterocycles. The predicted octanol–water partition coefficient (Wildman–Crippen LogP) is 2.17. The lowest BCUT2D eigenvalue weighted by Crippen LogP contribution is -2.35. The van der Waals surface area contributed by atoms with E-state index >= 15 is 0 Å². The van der Waals surface area contributed by atoms with E-state index in [4.69, 9.17) is 10.5 Å². The van der Waals surface area contributed by atoms with Crippen molar-refractivity contribution >= 4 is 5.96 Å². The molecule has 4 nitrogen and oxygen atoms in total. The molecule has 0 saturated carbocycles. The number of aliphatic imine (C=N–C) groups is 1. The molecule has 0 fully saturated rings. The molecule has 0 radical (unpaired) electrons. The van der Waals surface area contributed by atoms with Crippen LogP contribution >= 0.6 is 0 Å². The van der Waals surface area contributed by atoms with Crippen molar-refractivity contribution in [1.29, 1.82) is 0 Å². The van der Waals surface area contributed by atoms with Gasteiger partial charge in [-0.2, -0.15) is 0 Å². The zero-order valence-corrected chi connectivity index (χ0v) is 11.1. The summed E-state index contributed by atoms with van der Waals surface area (Å²) in [4.78, 5) is 6.44. The van der Waals surface area contributed by atoms with Gasteiger partial charge in [-0.25, -0.2) is 0 Å². The van der Waals surface area contributed by atoms with Crippen molar-refractivity contribution in [2.24, 2.45) is 10.7 Å². The van der Waals surface area contributed by atoms with Crippen molar-refractivity contribution < 1.29 is 4.74 Å². The predicted molar refractivity (Wildman–Crippen MR) is 73.8 cm³/mol. The molecule has 2 N–H and O–H groups in total. The molecule has 1 atom stereocenters. The van der Waals surface area contributed by atoms with Crippen LogP contribution in [0.15, 0.2) is 29.3 Å². The molecule has 1 aliphatic heterocycles. The fourth-order valence-corrected chi connectivity index (χ4v) is 2.23. The lowest BCUT2D eigenvalue weighted by molar-refractivity contribution is 0.314. The fourth-order valence-electron chi connectivity index (χ4n) is 2.23. The Bertz CT molecular complexity index is 431. The van der Waals surface area contributed by atoms with Gasteiger partial charge < -0.3 is 15.4 Å². The molecule has 1 aromatic rings. The maximum atomic E-state index is 5.88. The first-order valence-corrected chi connectivity index (χ1v) is 6.55. The lowest BCUT2D eigenvalue weighted by Gasteiger charge is -2.25. The Hall–Kier alpha value is -1.71. The molecule has 98 valence electrons. The van der Waals surface area contributed by atoms with E-state index in [2.05, 4.69) is 35.9 Å². The van der Waals surface area contributed by atoms with Gasteiger partial charge in [0.1, 0.15) is 5.75 Å². The van der Waals surface area contributed by atoms with Gasteiger partial charge in [-0.05, 0) is 31.0 Å². The molecule has 0 spiro atoms. The monoisotopic (exact) mass is 247 g/mol. The summed E-state index contributed by atoms with van der Waals surface area (Å²) in [7, 11) is 0. The molecular weight excluding hydrogens is 226 g/mol. The Kier molecular flexibility index (Phi) is 4.07. The van der Waals surface area contributed by atoms with Crippen LogP contribution < -0.4 is 10.5 Å². The molecule has 0 aliphatic carbocycles. The number of hydrogen-bond acceptors (Lipinski definition) is 4. The Balaban J connectivity index is 2.13. The Morgan fingerprint density at radius 2 is 2.28 bits per heavy atom. The molecule has 1 aliphatic rings. The Labute approximate surface area is 108 Å². The number of nitrogens with two attached hydrogens (primary N) is 1. The summed E-state index contributed by atoms with van der Waals surface area (Å²) in [5.74, 6) is 1.57. The van der Waals surface area contributed by atoms with Crippen LogP contribution in [-0.2, 0) is 0 Å². The number of benzene rings is 1. The van der Waals surface area contributed by atoms with Crippen molar-refractivity contribution in [3.05, 3.63) is 29.8 Å². The number of hydrogen-bond donors (Lipinski definition) is 1. The van der Waals surface area contributed by atoms with Crippen molar-refractivity contribution in [2.45, 2.75) is 26.3 Å². The Morgan fingerprint density at radius 1 is 1.44 bits per heavy atom. The highest BCUT2D eigenvalue weighted by Gasteiger charge is 2.26. The summed E-state index contributed by atoms with van der Waals surface area (Å²) in [5.41, 5.74) is 7.10. The van der Waals surface area contributed by atoms with Crippen LogP contribution in [-0.4, -0.2) is 30.6 Å². The van der Waals surface area contributed by atoms with Crippen LogP contribution in [0, 0.1) is 0 Å². The lowest BCUT2D eigenvalue weighted by atomic mass is 10.1. The highest BCUT2D eigenvalue weighted by Crippen LogP contribution is 2.27. The highest BCUT2D eigenvalue weighted by atomic mass is 16.5. The fraction of sp³-hybridized carbons (Fsp3) is 0.500. The van der Waals surface area contributed by atoms with Gasteiger partial charge >= 0.3 is 0 Å². The summed E-state index contributed by atoms with van der Waals surface area (Å²) in [6.07, 6.45) is 1.02. The average Bonchev–Trinajstić information content (AvgIpc) is 2.77. The zero-order chi connectivity index (χ0) is 13.0. The van der Waals surface area contributed by atoms with Gasteiger partial charge in [0.2, 0.25) is 0 Å².